The maximum absolute atomic E-state index is 12.4. The fourth-order valence-corrected chi connectivity index (χ4v) is 2.25. The van der Waals surface area contributed by atoms with E-state index in [1.165, 1.54) is 6.20 Å². The predicted octanol–water partition coefficient (Wildman–Crippen LogP) is 4.14. The normalized spacial score (nSPS) is 10.7. The van der Waals surface area contributed by atoms with E-state index in [0.29, 0.717) is 16.9 Å². The highest BCUT2D eigenvalue weighted by Gasteiger charge is 2.12. The van der Waals surface area contributed by atoms with Gasteiger partial charge in [0.15, 0.2) is 0 Å². The minimum absolute atomic E-state index is 0.0390. The summed E-state index contributed by atoms with van der Waals surface area (Å²) in [6.07, 6.45) is 1.36. The number of nitriles is 2. The van der Waals surface area contributed by atoms with Crippen molar-refractivity contribution < 1.29 is 4.79 Å². The van der Waals surface area contributed by atoms with Crippen LogP contribution in [0.15, 0.2) is 60.3 Å². The number of rotatable bonds is 5. The summed E-state index contributed by atoms with van der Waals surface area (Å²) in [7, 11) is 0. The van der Waals surface area contributed by atoms with Crippen LogP contribution in [0.4, 0.5) is 11.4 Å². The van der Waals surface area contributed by atoms with Crippen molar-refractivity contribution in [3.05, 3.63) is 71.4 Å². The van der Waals surface area contributed by atoms with Gasteiger partial charge in [0, 0.05) is 17.6 Å². The molecule has 25 heavy (non-hydrogen) atoms. The molecule has 0 saturated heterocycles. The number of amides is 1. The van der Waals surface area contributed by atoms with Crippen LogP contribution in [0.1, 0.15) is 30.9 Å². The SMILES string of the molecule is CC(C)c1ccccc1NC(=O)/C(C#N)=C\Nc1ccc(C#N)cc1. The molecule has 0 aromatic heterocycles. The van der Waals surface area contributed by atoms with Crippen molar-refractivity contribution in [2.75, 3.05) is 10.6 Å². The number of benzene rings is 2. The molecule has 0 saturated carbocycles. The average Bonchev–Trinajstić information content (AvgIpc) is 2.63. The van der Waals surface area contributed by atoms with Crippen molar-refractivity contribution in [1.29, 1.82) is 10.5 Å². The molecule has 1 amide bonds. The number of para-hydroxylation sites is 1. The van der Waals surface area contributed by atoms with Crippen LogP contribution < -0.4 is 10.6 Å². The molecule has 0 heterocycles. The average molecular weight is 330 g/mol. The lowest BCUT2D eigenvalue weighted by Crippen LogP contribution is -2.16. The van der Waals surface area contributed by atoms with Crippen molar-refractivity contribution in [2.24, 2.45) is 0 Å². The van der Waals surface area contributed by atoms with Gasteiger partial charge in [-0.15, -0.1) is 0 Å². The van der Waals surface area contributed by atoms with Gasteiger partial charge >= 0.3 is 0 Å². The molecule has 0 unspecified atom stereocenters. The monoisotopic (exact) mass is 330 g/mol. The first-order valence-electron chi connectivity index (χ1n) is 7.82. The second-order valence-electron chi connectivity index (χ2n) is 5.70. The number of nitrogens with zero attached hydrogens (tertiary/aromatic N) is 2. The van der Waals surface area contributed by atoms with Gasteiger partial charge in [0.25, 0.3) is 5.91 Å². The molecule has 2 aromatic rings. The Kier molecular flexibility index (Phi) is 5.92. The Bertz CT molecular complexity index is 868. The van der Waals surface area contributed by atoms with Crippen LogP contribution in [0.3, 0.4) is 0 Å². The fraction of sp³-hybridized carbons (Fsp3) is 0.150. The molecule has 5 nitrogen and oxygen atoms in total. The zero-order valence-electron chi connectivity index (χ0n) is 14.1. The van der Waals surface area contributed by atoms with Gasteiger partial charge in [-0.05, 0) is 41.8 Å². The first-order valence-corrected chi connectivity index (χ1v) is 7.82. The topological polar surface area (TPSA) is 88.7 Å². The Balaban J connectivity index is 2.13. The predicted molar refractivity (Wildman–Crippen MR) is 97.6 cm³/mol. The van der Waals surface area contributed by atoms with Gasteiger partial charge in [0.1, 0.15) is 11.6 Å². The van der Waals surface area contributed by atoms with Gasteiger partial charge in [0.2, 0.25) is 0 Å². The molecule has 5 heteroatoms. The largest absolute Gasteiger partial charge is 0.360 e. The second-order valence-corrected chi connectivity index (χ2v) is 5.70. The standard InChI is InChI=1S/C20H18N4O/c1-14(2)18-5-3-4-6-19(18)24-20(25)16(12-22)13-23-17-9-7-15(11-21)8-10-17/h3-10,13-14,23H,1-2H3,(H,24,25)/b16-13-. The Morgan fingerprint density at radius 3 is 2.36 bits per heavy atom. The first-order chi connectivity index (χ1) is 12.0. The van der Waals surface area contributed by atoms with E-state index in [9.17, 15) is 10.1 Å². The molecule has 0 aliphatic rings. The lowest BCUT2D eigenvalue weighted by molar-refractivity contribution is -0.112. The van der Waals surface area contributed by atoms with E-state index in [2.05, 4.69) is 10.6 Å². The number of carbonyl (C=O) groups excluding carboxylic acids is 1. The summed E-state index contributed by atoms with van der Waals surface area (Å²) in [5.41, 5.74) is 2.89. The molecule has 0 aliphatic heterocycles. The number of carbonyl (C=O) groups is 1. The second kappa shape index (κ2) is 8.33. The first kappa shape index (κ1) is 17.8. The number of hydrogen-bond acceptors (Lipinski definition) is 4. The highest BCUT2D eigenvalue weighted by molar-refractivity contribution is 6.07. The van der Waals surface area contributed by atoms with Crippen LogP contribution >= 0.6 is 0 Å². The summed E-state index contributed by atoms with van der Waals surface area (Å²) in [6, 6.07) is 18.2. The molecular formula is C20H18N4O. The minimum Gasteiger partial charge on any atom is -0.360 e. The van der Waals surface area contributed by atoms with Gasteiger partial charge in [-0.25, -0.2) is 0 Å². The Labute approximate surface area is 147 Å². The lowest BCUT2D eigenvalue weighted by atomic mass is 10.0. The van der Waals surface area contributed by atoms with Crippen LogP contribution in [0, 0.1) is 22.7 Å². The Morgan fingerprint density at radius 1 is 1.08 bits per heavy atom. The third-order valence-corrected chi connectivity index (χ3v) is 3.59. The molecular weight excluding hydrogens is 312 g/mol. The van der Waals surface area contributed by atoms with E-state index in [0.717, 1.165) is 5.56 Å². The Hall–Kier alpha value is -3.57. The number of nitrogens with one attached hydrogen (secondary N) is 2. The van der Waals surface area contributed by atoms with Crippen LogP contribution in [-0.4, -0.2) is 5.91 Å². The molecule has 2 N–H and O–H groups in total. The van der Waals surface area contributed by atoms with Gasteiger partial charge in [0.05, 0.1) is 11.6 Å². The van der Waals surface area contributed by atoms with Crippen LogP contribution in [0.2, 0.25) is 0 Å². The third-order valence-electron chi connectivity index (χ3n) is 3.59. The third kappa shape index (κ3) is 4.70. The van der Waals surface area contributed by atoms with Gasteiger partial charge in [-0.2, -0.15) is 10.5 Å². The summed E-state index contributed by atoms with van der Waals surface area (Å²) in [5, 5.41) is 23.7. The maximum Gasteiger partial charge on any atom is 0.267 e. The minimum atomic E-state index is -0.475. The van der Waals surface area contributed by atoms with E-state index in [1.807, 2.05) is 50.3 Å². The number of anilines is 2. The fourth-order valence-electron chi connectivity index (χ4n) is 2.25. The van der Waals surface area contributed by atoms with Crippen molar-refractivity contribution in [1.82, 2.24) is 0 Å². The molecule has 0 radical (unpaired) electrons. The molecule has 2 rings (SSSR count). The molecule has 0 bridgehead atoms. The summed E-state index contributed by atoms with van der Waals surface area (Å²) >= 11 is 0. The Morgan fingerprint density at radius 2 is 1.76 bits per heavy atom. The smallest absolute Gasteiger partial charge is 0.267 e. The van der Waals surface area contributed by atoms with E-state index in [-0.39, 0.29) is 11.5 Å². The van der Waals surface area contributed by atoms with E-state index in [1.54, 1.807) is 24.3 Å². The molecule has 0 aliphatic carbocycles. The maximum atomic E-state index is 12.4. The van der Waals surface area contributed by atoms with Crippen LogP contribution in [0.25, 0.3) is 0 Å². The van der Waals surface area contributed by atoms with Crippen molar-refractivity contribution >= 4 is 17.3 Å². The lowest BCUT2D eigenvalue weighted by Gasteiger charge is -2.13. The zero-order valence-corrected chi connectivity index (χ0v) is 14.1. The molecule has 0 spiro atoms. The van der Waals surface area contributed by atoms with E-state index >= 15 is 0 Å². The van der Waals surface area contributed by atoms with E-state index < -0.39 is 5.91 Å². The van der Waals surface area contributed by atoms with Crippen molar-refractivity contribution in [3.63, 3.8) is 0 Å². The summed E-state index contributed by atoms with van der Waals surface area (Å²) in [6.45, 7) is 4.08. The highest BCUT2D eigenvalue weighted by atomic mass is 16.1. The molecule has 0 fully saturated rings. The quantitative estimate of drug-likeness (QED) is 0.637. The number of hydrogen-bond donors (Lipinski definition) is 2. The summed E-state index contributed by atoms with van der Waals surface area (Å²) in [4.78, 5) is 12.4. The molecule has 0 atom stereocenters. The molecule has 124 valence electrons. The summed E-state index contributed by atoms with van der Waals surface area (Å²) < 4.78 is 0. The zero-order chi connectivity index (χ0) is 18.2. The van der Waals surface area contributed by atoms with Crippen LogP contribution in [-0.2, 0) is 4.79 Å². The van der Waals surface area contributed by atoms with Crippen LogP contribution in [0.5, 0.6) is 0 Å². The van der Waals surface area contributed by atoms with Gasteiger partial charge in [-0.3, -0.25) is 4.79 Å². The van der Waals surface area contributed by atoms with E-state index in [4.69, 9.17) is 5.26 Å². The van der Waals surface area contributed by atoms with Gasteiger partial charge < -0.3 is 10.6 Å². The van der Waals surface area contributed by atoms with Crippen molar-refractivity contribution in [3.8, 4) is 12.1 Å². The van der Waals surface area contributed by atoms with Gasteiger partial charge in [-0.1, -0.05) is 32.0 Å². The van der Waals surface area contributed by atoms with Crippen molar-refractivity contribution in [2.45, 2.75) is 19.8 Å². The summed E-state index contributed by atoms with van der Waals surface area (Å²) in [5.74, 6) is -0.223. The highest BCUT2D eigenvalue weighted by Crippen LogP contribution is 2.24. The molecule has 2 aromatic carbocycles.